The molecule has 1 aliphatic heterocycles. The fraction of sp³-hybridized carbons (Fsp3) is 0.536. The van der Waals surface area contributed by atoms with Gasteiger partial charge in [0.1, 0.15) is 16.5 Å². The minimum atomic E-state index is 0.139. The molecule has 0 atom stereocenters. The third-order valence-corrected chi connectivity index (χ3v) is 9.11. The summed E-state index contributed by atoms with van der Waals surface area (Å²) < 4.78 is 0. The lowest BCUT2D eigenvalue weighted by Gasteiger charge is -2.36. The molecule has 2 aromatic heterocycles. The lowest BCUT2D eigenvalue weighted by Crippen LogP contribution is -2.49. The number of hydrogen-bond donors (Lipinski definition) is 0. The van der Waals surface area contributed by atoms with Crippen LogP contribution in [0.2, 0.25) is 0 Å². The van der Waals surface area contributed by atoms with E-state index in [-0.39, 0.29) is 5.91 Å². The van der Waals surface area contributed by atoms with E-state index < -0.39 is 0 Å². The lowest BCUT2D eigenvalue weighted by atomic mass is 9.88. The van der Waals surface area contributed by atoms with E-state index >= 15 is 0 Å². The molecule has 0 unspecified atom stereocenters. The molecule has 1 saturated heterocycles. The SMILES string of the molecule is O=C(c1ccccc1)N1CCN(c2nc(C3CCCCC3)nc3sc4c(c23)CCCCC4)CC1. The molecule has 3 aliphatic rings. The summed E-state index contributed by atoms with van der Waals surface area (Å²) in [7, 11) is 0. The predicted octanol–water partition coefficient (Wildman–Crippen LogP) is 5.97. The second-order valence-corrected chi connectivity index (χ2v) is 11.2. The van der Waals surface area contributed by atoms with Crippen LogP contribution in [-0.4, -0.2) is 47.0 Å². The van der Waals surface area contributed by atoms with Gasteiger partial charge in [0.15, 0.2) is 0 Å². The molecule has 34 heavy (non-hydrogen) atoms. The fourth-order valence-electron chi connectivity index (χ4n) is 5.99. The molecule has 0 radical (unpaired) electrons. The summed E-state index contributed by atoms with van der Waals surface area (Å²) in [5.74, 6) is 2.86. The van der Waals surface area contributed by atoms with Crippen LogP contribution >= 0.6 is 11.3 Å². The van der Waals surface area contributed by atoms with Crippen molar-refractivity contribution in [2.75, 3.05) is 31.1 Å². The molecule has 6 heteroatoms. The molecule has 2 aliphatic carbocycles. The maximum atomic E-state index is 13.0. The van der Waals surface area contributed by atoms with Crippen molar-refractivity contribution in [1.29, 1.82) is 0 Å². The van der Waals surface area contributed by atoms with Crippen LogP contribution < -0.4 is 4.90 Å². The zero-order chi connectivity index (χ0) is 22.9. The van der Waals surface area contributed by atoms with Crippen molar-refractivity contribution in [2.24, 2.45) is 0 Å². The first-order chi connectivity index (χ1) is 16.8. The molecule has 0 N–H and O–H groups in total. The van der Waals surface area contributed by atoms with Gasteiger partial charge in [-0.2, -0.15) is 0 Å². The number of aromatic nitrogens is 2. The number of hydrogen-bond acceptors (Lipinski definition) is 5. The second-order valence-electron chi connectivity index (χ2n) is 10.1. The monoisotopic (exact) mass is 474 g/mol. The summed E-state index contributed by atoms with van der Waals surface area (Å²) in [6.07, 6.45) is 12.6. The van der Waals surface area contributed by atoms with E-state index in [0.29, 0.717) is 5.92 Å². The van der Waals surface area contributed by atoms with Gasteiger partial charge in [-0.1, -0.05) is 43.9 Å². The van der Waals surface area contributed by atoms with E-state index in [9.17, 15) is 4.79 Å². The van der Waals surface area contributed by atoms with Crippen LogP contribution in [0.3, 0.4) is 0 Å². The van der Waals surface area contributed by atoms with Crippen LogP contribution in [0.5, 0.6) is 0 Å². The smallest absolute Gasteiger partial charge is 0.253 e. The van der Waals surface area contributed by atoms with E-state index in [2.05, 4.69) is 4.90 Å². The summed E-state index contributed by atoms with van der Waals surface area (Å²) in [4.78, 5) is 30.7. The standard InChI is InChI=1S/C28H34N4OS/c33-28(21-12-6-2-7-13-21)32-18-16-31(17-19-32)26-24-22-14-8-3-9-15-23(22)34-27(24)30-25(29-26)20-10-4-1-5-11-20/h2,6-7,12-13,20H,1,3-5,8-11,14-19H2. The van der Waals surface area contributed by atoms with E-state index in [1.807, 2.05) is 46.6 Å². The molecule has 1 aromatic carbocycles. The molecule has 1 saturated carbocycles. The van der Waals surface area contributed by atoms with Crippen LogP contribution in [0.4, 0.5) is 5.82 Å². The molecular weight excluding hydrogens is 440 g/mol. The summed E-state index contributed by atoms with van der Waals surface area (Å²) in [6, 6.07) is 9.68. The first kappa shape index (κ1) is 22.0. The van der Waals surface area contributed by atoms with E-state index in [0.717, 1.165) is 49.8 Å². The molecular formula is C28H34N4OS. The van der Waals surface area contributed by atoms with Crippen LogP contribution in [0.15, 0.2) is 30.3 Å². The number of piperazine rings is 1. The quantitative estimate of drug-likeness (QED) is 0.439. The number of fused-ring (bicyclic) bond motifs is 3. The van der Waals surface area contributed by atoms with Crippen molar-refractivity contribution in [3.8, 4) is 0 Å². The Bertz CT molecular complexity index is 1160. The molecule has 2 fully saturated rings. The Morgan fingerprint density at radius 2 is 1.59 bits per heavy atom. The van der Waals surface area contributed by atoms with Gasteiger partial charge >= 0.3 is 0 Å². The highest BCUT2D eigenvalue weighted by Gasteiger charge is 2.29. The van der Waals surface area contributed by atoms with Gasteiger partial charge in [0.2, 0.25) is 0 Å². The maximum absolute atomic E-state index is 13.0. The maximum Gasteiger partial charge on any atom is 0.253 e. The number of carbonyl (C=O) groups is 1. The zero-order valence-corrected chi connectivity index (χ0v) is 20.8. The summed E-state index contributed by atoms with van der Waals surface area (Å²) in [5.41, 5.74) is 2.30. The number of benzene rings is 1. The van der Waals surface area contributed by atoms with Gasteiger partial charge < -0.3 is 9.80 Å². The topological polar surface area (TPSA) is 49.3 Å². The van der Waals surface area contributed by atoms with Gasteiger partial charge in [-0.3, -0.25) is 4.79 Å². The highest BCUT2D eigenvalue weighted by Crippen LogP contribution is 2.41. The fourth-order valence-corrected chi connectivity index (χ4v) is 7.25. The van der Waals surface area contributed by atoms with Crippen molar-refractivity contribution < 1.29 is 4.79 Å². The Morgan fingerprint density at radius 3 is 2.38 bits per heavy atom. The van der Waals surface area contributed by atoms with Crippen molar-refractivity contribution in [3.05, 3.63) is 52.2 Å². The molecule has 3 heterocycles. The van der Waals surface area contributed by atoms with Crippen molar-refractivity contribution in [3.63, 3.8) is 0 Å². The minimum Gasteiger partial charge on any atom is -0.352 e. The van der Waals surface area contributed by atoms with Gasteiger partial charge in [0.05, 0.1) is 5.39 Å². The largest absolute Gasteiger partial charge is 0.352 e. The zero-order valence-electron chi connectivity index (χ0n) is 20.0. The Hall–Kier alpha value is -2.47. The first-order valence-corrected chi connectivity index (χ1v) is 14.0. The average Bonchev–Trinajstić information content (AvgIpc) is 3.09. The number of nitrogens with zero attached hydrogens (tertiary/aromatic N) is 4. The molecule has 3 aromatic rings. The molecule has 1 amide bonds. The number of aryl methyl sites for hydroxylation is 2. The molecule has 0 bridgehead atoms. The summed E-state index contributed by atoms with van der Waals surface area (Å²) in [6.45, 7) is 3.15. The van der Waals surface area contributed by atoms with Crippen LogP contribution in [0.1, 0.15) is 83.9 Å². The average molecular weight is 475 g/mol. The van der Waals surface area contributed by atoms with Crippen LogP contribution in [0, 0.1) is 0 Å². The Labute approximate surface area is 206 Å². The van der Waals surface area contributed by atoms with Gasteiger partial charge in [0, 0.05) is 42.5 Å². The summed E-state index contributed by atoms with van der Waals surface area (Å²) >= 11 is 1.93. The normalized spacial score (nSPS) is 19.8. The number of amides is 1. The van der Waals surface area contributed by atoms with Gasteiger partial charge in [-0.05, 0) is 56.2 Å². The highest BCUT2D eigenvalue weighted by molar-refractivity contribution is 7.19. The Morgan fingerprint density at radius 1 is 0.853 bits per heavy atom. The van der Waals surface area contributed by atoms with Crippen LogP contribution in [-0.2, 0) is 12.8 Å². The number of rotatable bonds is 3. The molecule has 178 valence electrons. The minimum absolute atomic E-state index is 0.139. The number of thiophene rings is 1. The van der Waals surface area contributed by atoms with Gasteiger partial charge in [0.25, 0.3) is 5.91 Å². The van der Waals surface area contributed by atoms with Gasteiger partial charge in [-0.25, -0.2) is 9.97 Å². The van der Waals surface area contributed by atoms with Crippen molar-refractivity contribution in [1.82, 2.24) is 14.9 Å². The molecule has 0 spiro atoms. The van der Waals surface area contributed by atoms with Crippen molar-refractivity contribution in [2.45, 2.75) is 70.1 Å². The molecule has 6 rings (SSSR count). The first-order valence-electron chi connectivity index (χ1n) is 13.2. The number of anilines is 1. The van der Waals surface area contributed by atoms with Gasteiger partial charge in [-0.15, -0.1) is 11.3 Å². The lowest BCUT2D eigenvalue weighted by molar-refractivity contribution is 0.0746. The molecule has 5 nitrogen and oxygen atoms in total. The van der Waals surface area contributed by atoms with E-state index in [4.69, 9.17) is 9.97 Å². The summed E-state index contributed by atoms with van der Waals surface area (Å²) in [5, 5.41) is 1.32. The highest BCUT2D eigenvalue weighted by atomic mass is 32.1. The Kier molecular flexibility index (Phi) is 6.25. The number of carbonyl (C=O) groups excluding carboxylic acids is 1. The van der Waals surface area contributed by atoms with E-state index in [1.54, 1.807) is 4.88 Å². The van der Waals surface area contributed by atoms with Crippen molar-refractivity contribution >= 4 is 33.3 Å². The second kappa shape index (κ2) is 9.65. The Balaban J connectivity index is 1.32. The third-order valence-electron chi connectivity index (χ3n) is 7.92. The van der Waals surface area contributed by atoms with E-state index in [1.165, 1.54) is 73.6 Å². The van der Waals surface area contributed by atoms with Crippen LogP contribution in [0.25, 0.3) is 10.2 Å². The predicted molar refractivity (Wildman–Crippen MR) is 139 cm³/mol. The third kappa shape index (κ3) is 4.21.